The molecule has 1 amide bonds. The average molecular weight is 305 g/mol. The van der Waals surface area contributed by atoms with Gasteiger partial charge in [-0.1, -0.05) is 36.4 Å². The molecule has 0 bridgehead atoms. The Morgan fingerprint density at radius 3 is 2.55 bits per heavy atom. The Hall–Kier alpha value is -2.14. The Labute approximate surface area is 131 Å². The van der Waals surface area contributed by atoms with Crippen molar-refractivity contribution in [1.82, 2.24) is 4.90 Å². The zero-order valence-electron chi connectivity index (χ0n) is 13.1. The molecule has 1 N–H and O–H groups in total. The topological polar surface area (TPSA) is 66.8 Å². The fourth-order valence-corrected chi connectivity index (χ4v) is 2.07. The zero-order chi connectivity index (χ0) is 16.5. The van der Waals surface area contributed by atoms with Crippen LogP contribution >= 0.6 is 0 Å². The van der Waals surface area contributed by atoms with Gasteiger partial charge < -0.3 is 14.7 Å². The molecule has 0 aliphatic carbocycles. The third-order valence-corrected chi connectivity index (χ3v) is 3.41. The number of likely N-dealkylation sites (N-methyl/N-ethyl adjacent to an activating group) is 1. The van der Waals surface area contributed by atoms with Gasteiger partial charge in [-0.25, -0.2) is 4.79 Å². The number of ether oxygens (including phenoxy) is 1. The second kappa shape index (κ2) is 9.00. The molecule has 5 nitrogen and oxygen atoms in total. The predicted octanol–water partition coefficient (Wildman–Crippen LogP) is 2.12. The van der Waals surface area contributed by atoms with Gasteiger partial charge in [0.1, 0.15) is 12.1 Å². The van der Waals surface area contributed by atoms with Crippen LogP contribution in [-0.2, 0) is 20.7 Å². The molecule has 1 aromatic rings. The summed E-state index contributed by atoms with van der Waals surface area (Å²) in [7, 11) is 1.50. The second-order valence-electron chi connectivity index (χ2n) is 5.08. The standard InChI is InChI=1S/C17H23NO4/c1-4-5-11-22-13(2)16(19)18(3)15(17(20)21)12-14-9-7-6-8-10-14/h4,6-10,13,15H,1,5,11-12H2,2-3H3,(H,20,21). The van der Waals surface area contributed by atoms with E-state index in [1.54, 1.807) is 13.0 Å². The molecule has 0 radical (unpaired) electrons. The van der Waals surface area contributed by atoms with Gasteiger partial charge in [-0.05, 0) is 18.9 Å². The summed E-state index contributed by atoms with van der Waals surface area (Å²) in [5, 5.41) is 9.40. The molecule has 2 atom stereocenters. The van der Waals surface area contributed by atoms with Crippen LogP contribution in [-0.4, -0.2) is 47.7 Å². The van der Waals surface area contributed by atoms with Crippen molar-refractivity contribution in [1.29, 1.82) is 0 Å². The lowest BCUT2D eigenvalue weighted by atomic mass is 10.0. The average Bonchev–Trinajstić information content (AvgIpc) is 2.52. The minimum atomic E-state index is -1.03. The molecule has 0 saturated carbocycles. The number of benzene rings is 1. The van der Waals surface area contributed by atoms with Crippen molar-refractivity contribution in [3.05, 3.63) is 48.6 Å². The number of rotatable bonds is 9. The van der Waals surface area contributed by atoms with E-state index in [1.165, 1.54) is 11.9 Å². The van der Waals surface area contributed by atoms with Gasteiger partial charge in [-0.3, -0.25) is 4.79 Å². The van der Waals surface area contributed by atoms with Crippen LogP contribution in [0, 0.1) is 0 Å². The minimum Gasteiger partial charge on any atom is -0.480 e. The molecule has 0 aliphatic rings. The third kappa shape index (κ3) is 5.33. The number of carboxylic acid groups (broad SMARTS) is 1. The summed E-state index contributed by atoms with van der Waals surface area (Å²) in [4.78, 5) is 25.0. The highest BCUT2D eigenvalue weighted by Gasteiger charge is 2.29. The molecule has 1 aromatic carbocycles. The maximum absolute atomic E-state index is 12.3. The van der Waals surface area contributed by atoms with Crippen LogP contribution in [0.3, 0.4) is 0 Å². The molecule has 0 heterocycles. The van der Waals surface area contributed by atoms with Gasteiger partial charge in [0.2, 0.25) is 0 Å². The molecule has 0 aliphatic heterocycles. The Morgan fingerprint density at radius 1 is 1.36 bits per heavy atom. The first kappa shape index (κ1) is 17.9. The number of carboxylic acids is 1. The van der Waals surface area contributed by atoms with Crippen molar-refractivity contribution >= 4 is 11.9 Å². The molecule has 1 rings (SSSR count). The van der Waals surface area contributed by atoms with Gasteiger partial charge >= 0.3 is 5.97 Å². The van der Waals surface area contributed by atoms with E-state index in [1.807, 2.05) is 30.3 Å². The molecular weight excluding hydrogens is 282 g/mol. The summed E-state index contributed by atoms with van der Waals surface area (Å²) in [6, 6.07) is 8.33. The molecule has 5 heteroatoms. The van der Waals surface area contributed by atoms with Crippen molar-refractivity contribution in [3.8, 4) is 0 Å². The summed E-state index contributed by atoms with van der Waals surface area (Å²) in [6.07, 6.45) is 1.93. The molecule has 120 valence electrons. The Morgan fingerprint density at radius 2 is 2.00 bits per heavy atom. The summed E-state index contributed by atoms with van der Waals surface area (Å²) in [6.45, 7) is 5.60. The van der Waals surface area contributed by atoms with Crippen LogP contribution in [0.25, 0.3) is 0 Å². The first-order valence-electron chi connectivity index (χ1n) is 7.23. The van der Waals surface area contributed by atoms with E-state index in [9.17, 15) is 14.7 Å². The van der Waals surface area contributed by atoms with E-state index < -0.39 is 18.1 Å². The Bertz CT molecular complexity index is 501. The number of aliphatic carboxylic acids is 1. The highest BCUT2D eigenvalue weighted by atomic mass is 16.5. The lowest BCUT2D eigenvalue weighted by molar-refractivity contribution is -0.153. The number of carbonyl (C=O) groups excluding carboxylic acids is 1. The highest BCUT2D eigenvalue weighted by Crippen LogP contribution is 2.11. The smallest absolute Gasteiger partial charge is 0.326 e. The van der Waals surface area contributed by atoms with E-state index in [2.05, 4.69) is 6.58 Å². The van der Waals surface area contributed by atoms with Crippen molar-refractivity contribution < 1.29 is 19.4 Å². The fraction of sp³-hybridized carbons (Fsp3) is 0.412. The van der Waals surface area contributed by atoms with E-state index in [-0.39, 0.29) is 12.3 Å². The molecule has 0 saturated heterocycles. The largest absolute Gasteiger partial charge is 0.480 e. The second-order valence-corrected chi connectivity index (χ2v) is 5.08. The first-order chi connectivity index (χ1) is 10.5. The van der Waals surface area contributed by atoms with E-state index in [4.69, 9.17) is 4.74 Å². The fourth-order valence-electron chi connectivity index (χ4n) is 2.07. The van der Waals surface area contributed by atoms with Crippen LogP contribution < -0.4 is 0 Å². The van der Waals surface area contributed by atoms with E-state index in [0.717, 1.165) is 5.56 Å². The van der Waals surface area contributed by atoms with Crippen LogP contribution in [0.5, 0.6) is 0 Å². The number of carbonyl (C=O) groups is 2. The van der Waals surface area contributed by atoms with E-state index >= 15 is 0 Å². The molecule has 0 fully saturated rings. The number of nitrogens with zero attached hydrogens (tertiary/aromatic N) is 1. The van der Waals surface area contributed by atoms with Gasteiger partial charge in [0.05, 0.1) is 6.61 Å². The first-order valence-corrected chi connectivity index (χ1v) is 7.23. The highest BCUT2D eigenvalue weighted by molar-refractivity contribution is 5.86. The number of amides is 1. The van der Waals surface area contributed by atoms with Crippen molar-refractivity contribution in [2.45, 2.75) is 31.9 Å². The van der Waals surface area contributed by atoms with Gasteiger partial charge in [0.15, 0.2) is 0 Å². The lowest BCUT2D eigenvalue weighted by Gasteiger charge is -2.27. The van der Waals surface area contributed by atoms with E-state index in [0.29, 0.717) is 13.0 Å². The van der Waals surface area contributed by atoms with Gasteiger partial charge in [-0.15, -0.1) is 6.58 Å². The van der Waals surface area contributed by atoms with Gasteiger partial charge in [0.25, 0.3) is 5.91 Å². The Kier molecular flexibility index (Phi) is 7.32. The zero-order valence-corrected chi connectivity index (χ0v) is 13.1. The Balaban J connectivity index is 2.71. The monoisotopic (exact) mass is 305 g/mol. The number of hydrogen-bond acceptors (Lipinski definition) is 3. The van der Waals surface area contributed by atoms with Crippen LogP contribution in [0.1, 0.15) is 18.9 Å². The van der Waals surface area contributed by atoms with Crippen molar-refractivity contribution in [2.75, 3.05) is 13.7 Å². The van der Waals surface area contributed by atoms with Crippen LogP contribution in [0.15, 0.2) is 43.0 Å². The molecule has 0 spiro atoms. The minimum absolute atomic E-state index is 0.262. The maximum atomic E-state index is 12.3. The van der Waals surface area contributed by atoms with Crippen molar-refractivity contribution in [2.24, 2.45) is 0 Å². The molecular formula is C17H23NO4. The normalized spacial score (nSPS) is 13.2. The summed E-state index contributed by atoms with van der Waals surface area (Å²) in [5.74, 6) is -1.37. The van der Waals surface area contributed by atoms with Crippen LogP contribution in [0.4, 0.5) is 0 Å². The SMILES string of the molecule is C=CCCOC(C)C(=O)N(C)C(Cc1ccccc1)C(=O)O. The molecule has 0 aromatic heterocycles. The van der Waals surface area contributed by atoms with Crippen LogP contribution in [0.2, 0.25) is 0 Å². The third-order valence-electron chi connectivity index (χ3n) is 3.41. The summed E-state index contributed by atoms with van der Waals surface area (Å²) < 4.78 is 5.39. The molecule has 22 heavy (non-hydrogen) atoms. The summed E-state index contributed by atoms with van der Waals surface area (Å²) >= 11 is 0. The van der Waals surface area contributed by atoms with Gasteiger partial charge in [-0.2, -0.15) is 0 Å². The quantitative estimate of drug-likeness (QED) is 0.560. The van der Waals surface area contributed by atoms with Gasteiger partial charge in [0, 0.05) is 13.5 Å². The maximum Gasteiger partial charge on any atom is 0.326 e. The predicted molar refractivity (Wildman–Crippen MR) is 84.6 cm³/mol. The summed E-state index contributed by atoms with van der Waals surface area (Å²) in [5.41, 5.74) is 0.870. The molecule has 2 unspecified atom stereocenters. The lowest BCUT2D eigenvalue weighted by Crippen LogP contribution is -2.47. The number of hydrogen-bond donors (Lipinski definition) is 1. The van der Waals surface area contributed by atoms with Crippen molar-refractivity contribution in [3.63, 3.8) is 0 Å².